The van der Waals surface area contributed by atoms with Crippen molar-refractivity contribution in [2.75, 3.05) is 11.5 Å². The summed E-state index contributed by atoms with van der Waals surface area (Å²) in [7, 11) is 0. The average Bonchev–Trinajstić information content (AvgIpc) is 3.73. The summed E-state index contributed by atoms with van der Waals surface area (Å²) >= 11 is 11.2. The molecular weight excluding hydrogens is 748 g/mol. The summed E-state index contributed by atoms with van der Waals surface area (Å²) in [6, 6.07) is 14.7. The second-order valence-corrected chi connectivity index (χ2v) is 15.5. The molecule has 0 saturated heterocycles. The standard InChI is InChI=1S/C30H24Br2N6O3S3/c1-15(2)23-11-20-24(12-41-23)44-27-25(20)26-33-35-29(42-13-21(39)16-3-7-18(31)8-4-16)37(26)28-34-36-30(38(27)28)43-14-22(40)17-5-9-19(32)10-6-17/h3-10,15,23H,11-14H2,1-2H3. The Balaban J connectivity index is 1.31. The van der Waals surface area contributed by atoms with Crippen LogP contribution >= 0.6 is 66.7 Å². The molecule has 0 aliphatic carbocycles. The van der Waals surface area contributed by atoms with Crippen molar-refractivity contribution in [3.8, 4) is 0 Å². The van der Waals surface area contributed by atoms with Gasteiger partial charge in [-0.15, -0.1) is 31.7 Å². The fourth-order valence-corrected chi connectivity index (χ4v) is 8.65. The molecule has 4 aromatic heterocycles. The lowest BCUT2D eigenvalue weighted by molar-refractivity contribution is 0.00203. The van der Waals surface area contributed by atoms with Crippen LogP contribution in [0.5, 0.6) is 0 Å². The Morgan fingerprint density at radius 2 is 1.45 bits per heavy atom. The van der Waals surface area contributed by atoms with E-state index >= 15 is 0 Å². The number of carbonyl (C=O) groups is 2. The third-order valence-electron chi connectivity index (χ3n) is 7.52. The molecule has 224 valence electrons. The third-order valence-corrected chi connectivity index (χ3v) is 11.6. The normalized spacial score (nSPS) is 15.1. The Bertz CT molecular complexity index is 2050. The summed E-state index contributed by atoms with van der Waals surface area (Å²) in [6.07, 6.45) is 0.854. The summed E-state index contributed by atoms with van der Waals surface area (Å²) in [5, 5.41) is 20.4. The lowest BCUT2D eigenvalue weighted by Crippen LogP contribution is -2.26. The monoisotopic (exact) mass is 770 g/mol. The maximum absolute atomic E-state index is 13.0. The number of ketones is 2. The molecule has 1 aliphatic heterocycles. The lowest BCUT2D eigenvalue weighted by atomic mass is 9.96. The van der Waals surface area contributed by atoms with Crippen LogP contribution in [0.25, 0.3) is 21.6 Å². The number of aromatic nitrogens is 6. The molecule has 0 radical (unpaired) electrons. The van der Waals surface area contributed by atoms with Crippen molar-refractivity contribution >= 4 is 99.9 Å². The number of Topliss-reactive ketones (excluding diaryl/α,β-unsaturated/α-hetero) is 2. The van der Waals surface area contributed by atoms with Crippen LogP contribution in [0, 0.1) is 5.92 Å². The number of carbonyl (C=O) groups excluding carboxylic acids is 2. The van der Waals surface area contributed by atoms with Gasteiger partial charge in [-0.25, -0.2) is 8.80 Å². The Morgan fingerprint density at radius 3 is 2.05 bits per heavy atom. The van der Waals surface area contributed by atoms with Gasteiger partial charge in [-0.1, -0.05) is 93.5 Å². The highest BCUT2D eigenvalue weighted by Crippen LogP contribution is 2.41. The average molecular weight is 773 g/mol. The van der Waals surface area contributed by atoms with Crippen LogP contribution in [-0.2, 0) is 17.8 Å². The first-order valence-electron chi connectivity index (χ1n) is 13.8. The number of halogens is 2. The van der Waals surface area contributed by atoms with Gasteiger partial charge in [0, 0.05) is 31.4 Å². The lowest BCUT2D eigenvalue weighted by Gasteiger charge is -2.26. The number of hydrogen-bond acceptors (Lipinski definition) is 10. The molecule has 14 heteroatoms. The summed E-state index contributed by atoms with van der Waals surface area (Å²) in [6.45, 7) is 4.86. The number of thioether (sulfide) groups is 2. The van der Waals surface area contributed by atoms with Crippen molar-refractivity contribution < 1.29 is 14.3 Å². The zero-order valence-electron chi connectivity index (χ0n) is 23.5. The molecule has 1 unspecified atom stereocenters. The highest BCUT2D eigenvalue weighted by atomic mass is 79.9. The molecule has 6 aromatic rings. The van der Waals surface area contributed by atoms with Crippen LogP contribution in [0.4, 0.5) is 0 Å². The minimum absolute atomic E-state index is 0.00205. The van der Waals surface area contributed by atoms with Gasteiger partial charge >= 0.3 is 0 Å². The maximum atomic E-state index is 13.0. The zero-order valence-corrected chi connectivity index (χ0v) is 29.1. The molecule has 2 aromatic carbocycles. The molecule has 0 bridgehead atoms. The van der Waals surface area contributed by atoms with Gasteiger partial charge in [-0.2, -0.15) is 0 Å². The van der Waals surface area contributed by atoms with Crippen LogP contribution in [0.3, 0.4) is 0 Å². The number of ether oxygens (including phenoxy) is 1. The fourth-order valence-electron chi connectivity index (χ4n) is 5.17. The fraction of sp³-hybridized carbons (Fsp3) is 0.267. The van der Waals surface area contributed by atoms with Crippen LogP contribution in [0.15, 0.2) is 67.8 Å². The molecular formula is C30H24Br2N6O3S3. The highest BCUT2D eigenvalue weighted by Gasteiger charge is 2.30. The molecule has 7 rings (SSSR count). The molecule has 1 atom stereocenters. The van der Waals surface area contributed by atoms with Crippen LogP contribution in [0.2, 0.25) is 0 Å². The third kappa shape index (κ3) is 5.53. The first kappa shape index (κ1) is 30.1. The van der Waals surface area contributed by atoms with Crippen molar-refractivity contribution in [1.29, 1.82) is 0 Å². The van der Waals surface area contributed by atoms with Crippen LogP contribution < -0.4 is 0 Å². The molecule has 0 fully saturated rings. The molecule has 0 N–H and O–H groups in total. The largest absolute Gasteiger partial charge is 0.372 e. The van der Waals surface area contributed by atoms with E-state index in [0.29, 0.717) is 45.4 Å². The minimum atomic E-state index is -0.00893. The van der Waals surface area contributed by atoms with E-state index in [9.17, 15) is 9.59 Å². The van der Waals surface area contributed by atoms with E-state index in [2.05, 4.69) is 66.1 Å². The van der Waals surface area contributed by atoms with E-state index in [-0.39, 0.29) is 29.2 Å². The second kappa shape index (κ2) is 12.3. The second-order valence-electron chi connectivity index (χ2n) is 10.7. The van der Waals surface area contributed by atoms with Gasteiger partial charge in [0.05, 0.1) is 29.6 Å². The highest BCUT2D eigenvalue weighted by molar-refractivity contribution is 9.10. The molecule has 44 heavy (non-hydrogen) atoms. The Morgan fingerprint density at radius 1 is 0.886 bits per heavy atom. The number of hydrogen-bond donors (Lipinski definition) is 0. The number of thiophene rings is 1. The van der Waals surface area contributed by atoms with E-state index in [1.54, 1.807) is 23.5 Å². The summed E-state index contributed by atoms with van der Waals surface area (Å²) < 4.78 is 11.9. The predicted molar refractivity (Wildman–Crippen MR) is 180 cm³/mol. The summed E-state index contributed by atoms with van der Waals surface area (Å²) in [5.41, 5.74) is 3.15. The SMILES string of the molecule is CC(C)C1Cc2c(sc3c2c2nnc(SCC(=O)c4ccc(Br)cc4)n2c2nnc(SCC(=O)c4ccc(Br)cc4)n32)CO1. The maximum Gasteiger partial charge on any atom is 0.245 e. The quantitative estimate of drug-likeness (QED) is 0.109. The van der Waals surface area contributed by atoms with Crippen LogP contribution in [-0.4, -0.2) is 58.4 Å². The topological polar surface area (TPSA) is 104 Å². The summed E-state index contributed by atoms with van der Waals surface area (Å²) in [4.78, 5) is 28.2. The predicted octanol–water partition coefficient (Wildman–Crippen LogP) is 7.56. The first-order chi connectivity index (χ1) is 21.3. The van der Waals surface area contributed by atoms with Gasteiger partial charge in [0.1, 0.15) is 4.83 Å². The van der Waals surface area contributed by atoms with E-state index in [0.717, 1.165) is 30.5 Å². The van der Waals surface area contributed by atoms with E-state index in [1.165, 1.54) is 29.1 Å². The van der Waals surface area contributed by atoms with Crippen molar-refractivity contribution in [2.24, 2.45) is 5.92 Å². The number of benzene rings is 2. The van der Waals surface area contributed by atoms with Gasteiger partial charge in [0.2, 0.25) is 5.78 Å². The van der Waals surface area contributed by atoms with Crippen molar-refractivity contribution in [2.45, 2.75) is 43.3 Å². The van der Waals surface area contributed by atoms with E-state index in [4.69, 9.17) is 4.74 Å². The number of fused-ring (bicyclic) bond motifs is 8. The van der Waals surface area contributed by atoms with E-state index < -0.39 is 0 Å². The van der Waals surface area contributed by atoms with Crippen molar-refractivity contribution in [1.82, 2.24) is 29.2 Å². The zero-order chi connectivity index (χ0) is 30.5. The molecule has 5 heterocycles. The molecule has 1 aliphatic rings. The Labute approximate surface area is 281 Å². The van der Waals surface area contributed by atoms with E-state index in [1.807, 2.05) is 45.2 Å². The van der Waals surface area contributed by atoms with Gasteiger partial charge in [0.25, 0.3) is 0 Å². The van der Waals surface area contributed by atoms with Gasteiger partial charge < -0.3 is 4.74 Å². The molecule has 0 amide bonds. The number of nitrogens with zero attached hydrogens (tertiary/aromatic N) is 6. The summed E-state index contributed by atoms with van der Waals surface area (Å²) in [5.74, 6) is 1.28. The van der Waals surface area contributed by atoms with Crippen molar-refractivity contribution in [3.05, 3.63) is 79.0 Å². The number of rotatable bonds is 9. The van der Waals surface area contributed by atoms with Gasteiger partial charge in [0.15, 0.2) is 27.5 Å². The van der Waals surface area contributed by atoms with Crippen molar-refractivity contribution in [3.63, 3.8) is 0 Å². The molecule has 0 saturated carbocycles. The Hall–Kier alpha value is -2.62. The van der Waals surface area contributed by atoms with Crippen LogP contribution in [0.1, 0.15) is 45.0 Å². The first-order valence-corrected chi connectivity index (χ1v) is 18.2. The minimum Gasteiger partial charge on any atom is -0.372 e. The Kier molecular flexibility index (Phi) is 8.40. The molecule has 0 spiro atoms. The van der Waals surface area contributed by atoms with Gasteiger partial charge in [-0.05, 0) is 35.7 Å². The van der Waals surface area contributed by atoms with Gasteiger partial charge in [-0.3, -0.25) is 9.59 Å². The molecule has 9 nitrogen and oxygen atoms in total. The smallest absolute Gasteiger partial charge is 0.245 e.